The number of nitrogens with zero attached hydrogens (tertiary/aromatic N) is 2. The fraction of sp³-hybridized carbons (Fsp3) is 0.308. The predicted octanol–water partition coefficient (Wildman–Crippen LogP) is 2.48. The molecule has 1 saturated carbocycles. The number of anilines is 1. The summed E-state index contributed by atoms with van der Waals surface area (Å²) >= 11 is 0. The largest absolute Gasteiger partial charge is 0.497 e. The Kier molecular flexibility index (Phi) is 2.28. The quantitative estimate of drug-likeness (QED) is 0.822. The van der Waals surface area contributed by atoms with Crippen molar-refractivity contribution < 1.29 is 4.74 Å². The molecule has 2 N–H and O–H groups in total. The minimum atomic E-state index is 0.600. The molecular formula is C13H15N3O. The zero-order chi connectivity index (χ0) is 11.8. The van der Waals surface area contributed by atoms with Crippen molar-refractivity contribution in [1.82, 2.24) is 9.78 Å². The number of hydrogen-bond acceptors (Lipinski definition) is 3. The average Bonchev–Trinajstić information content (AvgIpc) is 3.08. The van der Waals surface area contributed by atoms with E-state index in [0.717, 1.165) is 22.6 Å². The molecule has 0 amide bonds. The number of benzene rings is 1. The number of rotatable bonds is 3. The van der Waals surface area contributed by atoms with Crippen molar-refractivity contribution in [3.8, 4) is 16.9 Å². The average molecular weight is 229 g/mol. The summed E-state index contributed by atoms with van der Waals surface area (Å²) in [6, 6.07) is 6.33. The van der Waals surface area contributed by atoms with Crippen LogP contribution in [0.3, 0.4) is 0 Å². The molecule has 0 saturated heterocycles. The zero-order valence-corrected chi connectivity index (χ0v) is 9.76. The Balaban J connectivity index is 1.96. The van der Waals surface area contributed by atoms with Crippen molar-refractivity contribution in [2.45, 2.75) is 18.9 Å². The van der Waals surface area contributed by atoms with Crippen LogP contribution in [0.1, 0.15) is 18.9 Å². The lowest BCUT2D eigenvalue weighted by atomic mass is 10.1. The van der Waals surface area contributed by atoms with E-state index in [1.54, 1.807) is 7.11 Å². The van der Waals surface area contributed by atoms with Crippen LogP contribution in [0.4, 0.5) is 5.69 Å². The number of methoxy groups -OCH3 is 1. The number of hydrogen-bond donors (Lipinski definition) is 1. The van der Waals surface area contributed by atoms with Gasteiger partial charge in [-0.05, 0) is 25.0 Å². The molecule has 1 aromatic heterocycles. The van der Waals surface area contributed by atoms with Crippen molar-refractivity contribution in [2.24, 2.45) is 0 Å². The molecule has 1 aliphatic rings. The zero-order valence-electron chi connectivity index (χ0n) is 9.76. The van der Waals surface area contributed by atoms with Gasteiger partial charge < -0.3 is 10.5 Å². The molecule has 0 unspecified atom stereocenters. The third-order valence-corrected chi connectivity index (χ3v) is 3.09. The van der Waals surface area contributed by atoms with Gasteiger partial charge in [0.1, 0.15) is 5.75 Å². The Labute approximate surface area is 100 Å². The summed E-state index contributed by atoms with van der Waals surface area (Å²) in [5, 5.41) is 4.37. The fourth-order valence-electron chi connectivity index (χ4n) is 1.95. The van der Waals surface area contributed by atoms with Gasteiger partial charge in [-0.25, -0.2) is 0 Å². The van der Waals surface area contributed by atoms with Crippen LogP contribution in [-0.2, 0) is 0 Å². The molecular weight excluding hydrogens is 214 g/mol. The molecule has 0 spiro atoms. The first-order valence-electron chi connectivity index (χ1n) is 5.76. The van der Waals surface area contributed by atoms with E-state index in [0.29, 0.717) is 6.04 Å². The van der Waals surface area contributed by atoms with Crippen molar-refractivity contribution in [2.75, 3.05) is 12.8 Å². The third kappa shape index (κ3) is 1.86. The maximum absolute atomic E-state index is 6.01. The van der Waals surface area contributed by atoms with Crippen LogP contribution < -0.4 is 10.5 Å². The third-order valence-electron chi connectivity index (χ3n) is 3.09. The van der Waals surface area contributed by atoms with Crippen LogP contribution in [0, 0.1) is 0 Å². The van der Waals surface area contributed by atoms with Crippen LogP contribution >= 0.6 is 0 Å². The van der Waals surface area contributed by atoms with Gasteiger partial charge in [0, 0.05) is 29.1 Å². The monoisotopic (exact) mass is 229 g/mol. The summed E-state index contributed by atoms with van der Waals surface area (Å²) in [4.78, 5) is 0. The fourth-order valence-corrected chi connectivity index (χ4v) is 1.95. The van der Waals surface area contributed by atoms with Crippen molar-refractivity contribution in [3.63, 3.8) is 0 Å². The van der Waals surface area contributed by atoms with Crippen molar-refractivity contribution >= 4 is 5.69 Å². The second-order valence-corrected chi connectivity index (χ2v) is 4.39. The first-order valence-corrected chi connectivity index (χ1v) is 5.76. The molecule has 17 heavy (non-hydrogen) atoms. The Morgan fingerprint density at radius 2 is 2.24 bits per heavy atom. The minimum Gasteiger partial charge on any atom is -0.497 e. The molecule has 3 rings (SSSR count). The Hall–Kier alpha value is -1.97. The number of aromatic nitrogens is 2. The van der Waals surface area contributed by atoms with Crippen LogP contribution in [0.2, 0.25) is 0 Å². The standard InChI is InChI=1S/C13H15N3O/c1-17-11-4-5-12(13(14)6-11)9-7-15-16(8-9)10-2-3-10/h4-8,10H,2-3,14H2,1H3. The van der Waals surface area contributed by atoms with Crippen LogP contribution in [0.15, 0.2) is 30.6 Å². The van der Waals surface area contributed by atoms with Crippen molar-refractivity contribution in [3.05, 3.63) is 30.6 Å². The molecule has 4 heteroatoms. The number of nitrogen functional groups attached to an aromatic ring is 1. The molecule has 1 aliphatic carbocycles. The first kappa shape index (κ1) is 10.2. The van der Waals surface area contributed by atoms with Gasteiger partial charge in [-0.2, -0.15) is 5.10 Å². The van der Waals surface area contributed by atoms with E-state index < -0.39 is 0 Å². The minimum absolute atomic E-state index is 0.600. The molecule has 0 bridgehead atoms. The van der Waals surface area contributed by atoms with Gasteiger partial charge in [-0.3, -0.25) is 4.68 Å². The SMILES string of the molecule is COc1ccc(-c2cnn(C3CC3)c2)c(N)c1. The molecule has 0 atom stereocenters. The first-order chi connectivity index (χ1) is 8.28. The van der Waals surface area contributed by atoms with Gasteiger partial charge in [-0.1, -0.05) is 0 Å². The second kappa shape index (κ2) is 3.80. The lowest BCUT2D eigenvalue weighted by molar-refractivity contribution is 0.415. The molecule has 88 valence electrons. The summed E-state index contributed by atoms with van der Waals surface area (Å²) in [7, 11) is 1.64. The highest BCUT2D eigenvalue weighted by molar-refractivity contribution is 5.76. The van der Waals surface area contributed by atoms with Gasteiger partial charge in [-0.15, -0.1) is 0 Å². The smallest absolute Gasteiger partial charge is 0.120 e. The normalized spacial score (nSPS) is 14.9. The molecule has 1 heterocycles. The topological polar surface area (TPSA) is 53.1 Å². The molecule has 2 aromatic rings. The van der Waals surface area contributed by atoms with E-state index >= 15 is 0 Å². The van der Waals surface area contributed by atoms with E-state index in [-0.39, 0.29) is 0 Å². The van der Waals surface area contributed by atoms with Gasteiger partial charge in [0.2, 0.25) is 0 Å². The molecule has 1 fully saturated rings. The highest BCUT2D eigenvalue weighted by atomic mass is 16.5. The molecule has 0 radical (unpaired) electrons. The van der Waals surface area contributed by atoms with E-state index in [9.17, 15) is 0 Å². The lowest BCUT2D eigenvalue weighted by Gasteiger charge is -2.05. The second-order valence-electron chi connectivity index (χ2n) is 4.39. The summed E-state index contributed by atoms with van der Waals surface area (Å²) in [6.45, 7) is 0. The highest BCUT2D eigenvalue weighted by Crippen LogP contribution is 2.36. The van der Waals surface area contributed by atoms with E-state index in [1.807, 2.05) is 29.1 Å². The molecule has 0 aliphatic heterocycles. The van der Waals surface area contributed by atoms with Crippen LogP contribution in [-0.4, -0.2) is 16.9 Å². The summed E-state index contributed by atoms with van der Waals surface area (Å²) < 4.78 is 7.17. The Bertz CT molecular complexity index is 543. The summed E-state index contributed by atoms with van der Waals surface area (Å²) in [6.07, 6.45) is 6.41. The van der Waals surface area contributed by atoms with Crippen LogP contribution in [0.25, 0.3) is 11.1 Å². The van der Waals surface area contributed by atoms with Crippen LogP contribution in [0.5, 0.6) is 5.75 Å². The van der Waals surface area contributed by atoms with E-state index in [2.05, 4.69) is 11.3 Å². The van der Waals surface area contributed by atoms with E-state index in [1.165, 1.54) is 12.8 Å². The maximum atomic E-state index is 6.01. The summed E-state index contributed by atoms with van der Waals surface area (Å²) in [5.74, 6) is 0.779. The van der Waals surface area contributed by atoms with Crippen molar-refractivity contribution in [1.29, 1.82) is 0 Å². The highest BCUT2D eigenvalue weighted by Gasteiger charge is 2.24. The predicted molar refractivity (Wildman–Crippen MR) is 66.9 cm³/mol. The maximum Gasteiger partial charge on any atom is 0.120 e. The van der Waals surface area contributed by atoms with Gasteiger partial charge in [0.15, 0.2) is 0 Å². The number of nitrogens with two attached hydrogens (primary N) is 1. The Morgan fingerprint density at radius 3 is 2.88 bits per heavy atom. The van der Waals surface area contributed by atoms with Gasteiger partial charge in [0.25, 0.3) is 0 Å². The molecule has 4 nitrogen and oxygen atoms in total. The number of ether oxygens (including phenoxy) is 1. The molecule has 1 aromatic carbocycles. The summed E-state index contributed by atoms with van der Waals surface area (Å²) in [5.41, 5.74) is 8.81. The van der Waals surface area contributed by atoms with Gasteiger partial charge in [0.05, 0.1) is 19.3 Å². The Morgan fingerprint density at radius 1 is 1.41 bits per heavy atom. The van der Waals surface area contributed by atoms with Gasteiger partial charge >= 0.3 is 0 Å². The lowest BCUT2D eigenvalue weighted by Crippen LogP contribution is -1.93. The van der Waals surface area contributed by atoms with E-state index in [4.69, 9.17) is 10.5 Å².